The Kier molecular flexibility index (Phi) is 4.49. The normalized spacial score (nSPS) is 16.9. The van der Waals surface area contributed by atoms with Gasteiger partial charge in [-0.05, 0) is 26.7 Å². The molecule has 0 spiro atoms. The van der Waals surface area contributed by atoms with Crippen molar-refractivity contribution >= 4 is 27.1 Å². The quantitative estimate of drug-likeness (QED) is 0.796. The minimum absolute atomic E-state index is 0.0192. The van der Waals surface area contributed by atoms with Gasteiger partial charge in [0.25, 0.3) is 0 Å². The fraction of sp³-hybridized carbons (Fsp3) is 0.692. The third-order valence-electron chi connectivity index (χ3n) is 3.25. The third kappa shape index (κ3) is 4.28. The van der Waals surface area contributed by atoms with Gasteiger partial charge in [-0.1, -0.05) is 0 Å². The molecule has 0 radical (unpaired) electrons. The monoisotopic (exact) mass is 316 g/mol. The molecular formula is C13H20N2O3S2. The van der Waals surface area contributed by atoms with Gasteiger partial charge in [-0.15, -0.1) is 11.3 Å². The molecule has 7 heteroatoms. The highest BCUT2D eigenvalue weighted by Gasteiger charge is 2.36. The summed E-state index contributed by atoms with van der Waals surface area (Å²) in [5.41, 5.74) is 0.773. The van der Waals surface area contributed by atoms with Crippen LogP contribution in [0, 0.1) is 6.92 Å². The Morgan fingerprint density at radius 1 is 1.55 bits per heavy atom. The highest BCUT2D eigenvalue weighted by molar-refractivity contribution is 7.90. The van der Waals surface area contributed by atoms with Crippen LogP contribution in [0.25, 0.3) is 0 Å². The fourth-order valence-electron chi connectivity index (χ4n) is 2.42. The van der Waals surface area contributed by atoms with Crippen molar-refractivity contribution < 1.29 is 13.2 Å². The Labute approximate surface area is 123 Å². The van der Waals surface area contributed by atoms with Gasteiger partial charge in [0.2, 0.25) is 5.91 Å². The Morgan fingerprint density at radius 3 is 2.65 bits per heavy atom. The van der Waals surface area contributed by atoms with Crippen molar-refractivity contribution in [2.75, 3.05) is 12.0 Å². The predicted octanol–water partition coefficient (Wildman–Crippen LogP) is 1.42. The molecule has 20 heavy (non-hydrogen) atoms. The second-order valence-corrected chi connectivity index (χ2v) is 8.76. The van der Waals surface area contributed by atoms with Crippen LogP contribution in [0.15, 0.2) is 5.38 Å². The number of aromatic nitrogens is 1. The van der Waals surface area contributed by atoms with Crippen LogP contribution in [0.5, 0.6) is 0 Å². The molecule has 1 aromatic rings. The molecule has 1 aromatic heterocycles. The lowest BCUT2D eigenvalue weighted by Gasteiger charge is -2.28. The van der Waals surface area contributed by atoms with Gasteiger partial charge in [0.15, 0.2) is 0 Å². The average molecular weight is 316 g/mol. The molecule has 112 valence electrons. The summed E-state index contributed by atoms with van der Waals surface area (Å²) in [5.74, 6) is -0.000311. The summed E-state index contributed by atoms with van der Waals surface area (Å²) >= 11 is 1.52. The van der Waals surface area contributed by atoms with E-state index >= 15 is 0 Å². The molecule has 0 aliphatic heterocycles. The predicted molar refractivity (Wildman–Crippen MR) is 79.6 cm³/mol. The molecule has 1 aliphatic rings. The molecule has 0 unspecified atom stereocenters. The largest absolute Gasteiger partial charge is 0.336 e. The lowest BCUT2D eigenvalue weighted by molar-refractivity contribution is -0.132. The molecule has 1 heterocycles. The maximum absolute atomic E-state index is 12.4. The Bertz CT molecular complexity index is 591. The number of thiazole rings is 1. The van der Waals surface area contributed by atoms with E-state index < -0.39 is 9.84 Å². The van der Waals surface area contributed by atoms with Gasteiger partial charge in [-0.25, -0.2) is 13.4 Å². The Balaban J connectivity index is 2.06. The van der Waals surface area contributed by atoms with Gasteiger partial charge in [0, 0.05) is 23.7 Å². The second-order valence-electron chi connectivity index (χ2n) is 5.51. The highest BCUT2D eigenvalue weighted by atomic mass is 32.2. The zero-order valence-electron chi connectivity index (χ0n) is 12.0. The maximum Gasteiger partial charge on any atom is 0.229 e. The van der Waals surface area contributed by atoms with Gasteiger partial charge < -0.3 is 4.90 Å². The minimum atomic E-state index is -3.08. The first kappa shape index (κ1) is 15.4. The van der Waals surface area contributed by atoms with Gasteiger partial charge in [0.05, 0.1) is 22.9 Å². The lowest BCUT2D eigenvalue weighted by Crippen LogP contribution is -2.44. The van der Waals surface area contributed by atoms with E-state index in [1.165, 1.54) is 17.6 Å². The van der Waals surface area contributed by atoms with Gasteiger partial charge >= 0.3 is 0 Å². The molecule has 1 fully saturated rings. The van der Waals surface area contributed by atoms with E-state index in [1.54, 1.807) is 4.90 Å². The summed E-state index contributed by atoms with van der Waals surface area (Å²) in [6.45, 7) is 3.72. The van der Waals surface area contributed by atoms with Crippen molar-refractivity contribution in [2.24, 2.45) is 0 Å². The molecular weight excluding hydrogens is 296 g/mol. The Hall–Kier alpha value is -0.950. The highest BCUT2D eigenvalue weighted by Crippen LogP contribution is 2.29. The van der Waals surface area contributed by atoms with E-state index in [9.17, 15) is 13.2 Å². The summed E-state index contributed by atoms with van der Waals surface area (Å²) in [5, 5.41) is 2.83. The molecule has 5 nitrogen and oxygen atoms in total. The van der Waals surface area contributed by atoms with Crippen molar-refractivity contribution in [3.05, 3.63) is 16.1 Å². The zero-order chi connectivity index (χ0) is 14.9. The number of nitrogens with zero attached hydrogens (tertiary/aromatic N) is 2. The molecule has 0 bridgehead atoms. The average Bonchev–Trinajstić information content (AvgIpc) is 3.00. The topological polar surface area (TPSA) is 67.3 Å². The van der Waals surface area contributed by atoms with Crippen LogP contribution >= 0.6 is 11.3 Å². The van der Waals surface area contributed by atoms with E-state index in [4.69, 9.17) is 0 Å². The first-order valence-corrected chi connectivity index (χ1v) is 9.60. The van der Waals surface area contributed by atoms with Gasteiger partial charge in [0.1, 0.15) is 9.84 Å². The smallest absolute Gasteiger partial charge is 0.229 e. The van der Waals surface area contributed by atoms with E-state index in [0.29, 0.717) is 0 Å². The molecule has 1 atom stereocenters. The summed E-state index contributed by atoms with van der Waals surface area (Å²) < 4.78 is 22.8. The van der Waals surface area contributed by atoms with Crippen molar-refractivity contribution in [3.8, 4) is 0 Å². The summed E-state index contributed by atoms with van der Waals surface area (Å²) in [7, 11) is -3.08. The van der Waals surface area contributed by atoms with E-state index in [0.717, 1.165) is 23.5 Å². The number of hydrogen-bond acceptors (Lipinski definition) is 5. The van der Waals surface area contributed by atoms with Crippen LogP contribution in [0.1, 0.15) is 30.5 Å². The standard InChI is InChI=1S/C13H20N2O3S2/c1-9(8-20(3,17)18)15(12-4-5-12)13(16)6-11-7-19-10(2)14-11/h7,9,12H,4-6,8H2,1-3H3/t9-/m1/s1. The van der Waals surface area contributed by atoms with Crippen molar-refractivity contribution in [3.63, 3.8) is 0 Å². The third-order valence-corrected chi connectivity index (χ3v) is 5.16. The van der Waals surface area contributed by atoms with Crippen molar-refractivity contribution in [1.82, 2.24) is 9.88 Å². The second kappa shape index (κ2) is 5.81. The fourth-order valence-corrected chi connectivity index (χ4v) is 4.07. The maximum atomic E-state index is 12.4. The molecule has 0 N–H and O–H groups in total. The molecule has 2 rings (SSSR count). The number of rotatable bonds is 6. The Morgan fingerprint density at radius 2 is 2.20 bits per heavy atom. The molecule has 1 amide bonds. The lowest BCUT2D eigenvalue weighted by atomic mass is 10.2. The van der Waals surface area contributed by atoms with Crippen LogP contribution in [-0.2, 0) is 21.1 Å². The minimum Gasteiger partial charge on any atom is -0.336 e. The van der Waals surface area contributed by atoms with Gasteiger partial charge in [-0.2, -0.15) is 0 Å². The molecule has 1 aliphatic carbocycles. The molecule has 0 aromatic carbocycles. The number of amides is 1. The van der Waals surface area contributed by atoms with Crippen molar-refractivity contribution in [2.45, 2.75) is 45.2 Å². The van der Waals surface area contributed by atoms with Crippen LogP contribution in [0.3, 0.4) is 0 Å². The number of carbonyl (C=O) groups is 1. The molecule has 1 saturated carbocycles. The van der Waals surface area contributed by atoms with E-state index in [1.807, 2.05) is 19.2 Å². The number of aryl methyl sites for hydroxylation is 1. The van der Waals surface area contributed by atoms with E-state index in [-0.39, 0.29) is 30.2 Å². The number of carbonyl (C=O) groups excluding carboxylic acids is 1. The number of sulfone groups is 1. The van der Waals surface area contributed by atoms with Crippen LogP contribution in [0.2, 0.25) is 0 Å². The van der Waals surface area contributed by atoms with Crippen LogP contribution in [-0.4, -0.2) is 48.3 Å². The van der Waals surface area contributed by atoms with Crippen LogP contribution in [0.4, 0.5) is 0 Å². The first-order chi connectivity index (χ1) is 9.26. The SMILES string of the molecule is Cc1nc(CC(=O)N(C2CC2)[C@H](C)CS(C)(=O)=O)cs1. The molecule has 0 saturated heterocycles. The number of hydrogen-bond donors (Lipinski definition) is 0. The van der Waals surface area contributed by atoms with Gasteiger partial charge in [-0.3, -0.25) is 4.79 Å². The summed E-state index contributed by atoms with van der Waals surface area (Å²) in [6.07, 6.45) is 3.41. The zero-order valence-corrected chi connectivity index (χ0v) is 13.6. The van der Waals surface area contributed by atoms with Crippen molar-refractivity contribution in [1.29, 1.82) is 0 Å². The summed E-state index contributed by atoms with van der Waals surface area (Å²) in [4.78, 5) is 18.5. The first-order valence-electron chi connectivity index (χ1n) is 6.66. The van der Waals surface area contributed by atoms with E-state index in [2.05, 4.69) is 4.98 Å². The van der Waals surface area contributed by atoms with Crippen LogP contribution < -0.4 is 0 Å². The summed E-state index contributed by atoms with van der Waals surface area (Å²) in [6, 6.07) is -0.0660.